The van der Waals surface area contributed by atoms with E-state index in [1.807, 2.05) is 0 Å². The third-order valence-electron chi connectivity index (χ3n) is 3.07. The lowest BCUT2D eigenvalue weighted by atomic mass is 9.87. The molecule has 1 aromatic carbocycles. The fraction of sp³-hybridized carbons (Fsp3) is 0.462. The van der Waals surface area contributed by atoms with Gasteiger partial charge in [-0.2, -0.15) is 0 Å². The van der Waals surface area contributed by atoms with Crippen LogP contribution in [0.15, 0.2) is 24.3 Å². The molecule has 0 aliphatic heterocycles. The van der Waals surface area contributed by atoms with Gasteiger partial charge in [0.25, 0.3) is 0 Å². The van der Waals surface area contributed by atoms with Crippen LogP contribution in [0.3, 0.4) is 0 Å². The van der Waals surface area contributed by atoms with Gasteiger partial charge in [-0.15, -0.1) is 0 Å². The van der Waals surface area contributed by atoms with Crippen LogP contribution in [0.4, 0.5) is 4.39 Å². The Hall–Kier alpha value is -1.58. The molecule has 0 aromatic heterocycles. The van der Waals surface area contributed by atoms with Crippen LogP contribution in [-0.4, -0.2) is 17.2 Å². The number of carbonyl (C=O) groups is 1. The Kier molecular flexibility index (Phi) is 3.61. The summed E-state index contributed by atoms with van der Waals surface area (Å²) in [5.74, 6) is -0.964. The molecule has 2 rings (SSSR count). The minimum atomic E-state index is -0.766. The number of rotatable bonds is 3. The molecule has 0 heterocycles. The van der Waals surface area contributed by atoms with Gasteiger partial charge < -0.3 is 9.84 Å². The standard InChI is InChI=1S/C13H15FO3/c14-10-4-2-6-12(8-10)17-11-5-1-3-9(7-11)13(15)16/h2,4,6,8-9,11H,1,3,5,7H2,(H,15,16). The Morgan fingerprint density at radius 2 is 2.24 bits per heavy atom. The number of carboxylic acids is 1. The van der Waals surface area contributed by atoms with Crippen molar-refractivity contribution >= 4 is 5.97 Å². The third-order valence-corrected chi connectivity index (χ3v) is 3.07. The Bertz CT molecular complexity index is 405. The molecule has 0 spiro atoms. The first kappa shape index (κ1) is 11.9. The summed E-state index contributed by atoms with van der Waals surface area (Å²) in [5.41, 5.74) is 0. The molecule has 2 atom stereocenters. The molecule has 0 bridgehead atoms. The number of benzene rings is 1. The minimum Gasteiger partial charge on any atom is -0.490 e. The van der Waals surface area contributed by atoms with Crippen molar-refractivity contribution in [3.8, 4) is 5.75 Å². The highest BCUT2D eigenvalue weighted by molar-refractivity contribution is 5.70. The van der Waals surface area contributed by atoms with Crippen LogP contribution >= 0.6 is 0 Å². The Morgan fingerprint density at radius 1 is 1.41 bits per heavy atom. The van der Waals surface area contributed by atoms with E-state index in [0.29, 0.717) is 18.6 Å². The maximum atomic E-state index is 13.0. The van der Waals surface area contributed by atoms with Crippen molar-refractivity contribution in [2.24, 2.45) is 5.92 Å². The second-order valence-corrected chi connectivity index (χ2v) is 4.40. The van der Waals surface area contributed by atoms with Gasteiger partial charge >= 0.3 is 5.97 Å². The van der Waals surface area contributed by atoms with E-state index in [-0.39, 0.29) is 17.8 Å². The summed E-state index contributed by atoms with van der Waals surface area (Å²) < 4.78 is 18.6. The molecule has 0 radical (unpaired) electrons. The second kappa shape index (κ2) is 5.17. The maximum absolute atomic E-state index is 13.0. The minimum absolute atomic E-state index is 0.119. The average Bonchev–Trinajstić information content (AvgIpc) is 2.29. The maximum Gasteiger partial charge on any atom is 0.306 e. The number of hydrogen-bond acceptors (Lipinski definition) is 2. The van der Waals surface area contributed by atoms with Gasteiger partial charge in [0, 0.05) is 6.07 Å². The van der Waals surface area contributed by atoms with Gasteiger partial charge in [0.2, 0.25) is 0 Å². The highest BCUT2D eigenvalue weighted by atomic mass is 19.1. The first-order valence-electron chi connectivity index (χ1n) is 5.80. The van der Waals surface area contributed by atoms with Gasteiger partial charge in [0.1, 0.15) is 11.6 Å². The second-order valence-electron chi connectivity index (χ2n) is 4.40. The Labute approximate surface area is 99.2 Å². The molecule has 1 saturated carbocycles. The highest BCUT2D eigenvalue weighted by Crippen LogP contribution is 2.28. The van der Waals surface area contributed by atoms with Crippen LogP contribution in [0.25, 0.3) is 0 Å². The molecule has 1 fully saturated rings. The fourth-order valence-electron chi connectivity index (χ4n) is 2.21. The van der Waals surface area contributed by atoms with Gasteiger partial charge in [-0.3, -0.25) is 4.79 Å². The van der Waals surface area contributed by atoms with Gasteiger partial charge in [-0.05, 0) is 37.8 Å². The predicted octanol–water partition coefficient (Wildman–Crippen LogP) is 2.85. The van der Waals surface area contributed by atoms with Gasteiger partial charge in [0.05, 0.1) is 12.0 Å². The third kappa shape index (κ3) is 3.19. The molecule has 92 valence electrons. The van der Waals surface area contributed by atoms with E-state index in [1.165, 1.54) is 12.1 Å². The summed E-state index contributed by atoms with van der Waals surface area (Å²) in [5, 5.41) is 8.95. The zero-order valence-corrected chi connectivity index (χ0v) is 9.43. The lowest BCUT2D eigenvalue weighted by molar-refractivity contribution is -0.143. The summed E-state index contributed by atoms with van der Waals surface area (Å²) in [4.78, 5) is 10.9. The summed E-state index contributed by atoms with van der Waals surface area (Å²) in [6.45, 7) is 0. The quantitative estimate of drug-likeness (QED) is 0.880. The monoisotopic (exact) mass is 238 g/mol. The summed E-state index contributed by atoms with van der Waals surface area (Å²) in [6.07, 6.45) is 2.77. The van der Waals surface area contributed by atoms with Crippen molar-refractivity contribution in [3.63, 3.8) is 0 Å². The van der Waals surface area contributed by atoms with Crippen LogP contribution in [0.5, 0.6) is 5.75 Å². The molecule has 0 saturated heterocycles. The lowest BCUT2D eigenvalue weighted by Gasteiger charge is -2.27. The number of hydrogen-bond donors (Lipinski definition) is 1. The van der Waals surface area contributed by atoms with E-state index in [0.717, 1.165) is 12.8 Å². The van der Waals surface area contributed by atoms with Crippen molar-refractivity contribution in [2.45, 2.75) is 31.8 Å². The van der Waals surface area contributed by atoms with Crippen LogP contribution < -0.4 is 4.74 Å². The van der Waals surface area contributed by atoms with Gasteiger partial charge in [-0.25, -0.2) is 4.39 Å². The summed E-state index contributed by atoms with van der Waals surface area (Å²) >= 11 is 0. The van der Waals surface area contributed by atoms with Crippen LogP contribution in [0.2, 0.25) is 0 Å². The first-order valence-corrected chi connectivity index (χ1v) is 5.80. The summed E-state index contributed by atoms with van der Waals surface area (Å²) in [6, 6.07) is 5.95. The van der Waals surface area contributed by atoms with E-state index in [2.05, 4.69) is 0 Å². The number of aliphatic carboxylic acids is 1. The molecule has 2 unspecified atom stereocenters. The smallest absolute Gasteiger partial charge is 0.306 e. The normalized spacial score (nSPS) is 24.3. The molecule has 17 heavy (non-hydrogen) atoms. The van der Waals surface area contributed by atoms with E-state index < -0.39 is 5.97 Å². The molecule has 1 N–H and O–H groups in total. The van der Waals surface area contributed by atoms with Crippen LogP contribution in [0, 0.1) is 11.7 Å². The SMILES string of the molecule is O=C(O)C1CCCC(Oc2cccc(F)c2)C1. The molecular weight excluding hydrogens is 223 g/mol. The van der Waals surface area contributed by atoms with E-state index in [4.69, 9.17) is 9.84 Å². The molecule has 3 nitrogen and oxygen atoms in total. The number of ether oxygens (including phenoxy) is 1. The molecule has 1 aliphatic rings. The largest absolute Gasteiger partial charge is 0.490 e. The molecule has 0 amide bonds. The number of carboxylic acid groups (broad SMARTS) is 1. The lowest BCUT2D eigenvalue weighted by Crippen LogP contribution is -2.29. The number of halogens is 1. The molecule has 4 heteroatoms. The van der Waals surface area contributed by atoms with Crippen molar-refractivity contribution in [3.05, 3.63) is 30.1 Å². The van der Waals surface area contributed by atoms with Crippen molar-refractivity contribution in [1.82, 2.24) is 0 Å². The van der Waals surface area contributed by atoms with Crippen LogP contribution in [-0.2, 0) is 4.79 Å². The zero-order valence-electron chi connectivity index (χ0n) is 9.43. The Balaban J connectivity index is 1.97. The molecular formula is C13H15FO3. The van der Waals surface area contributed by atoms with Gasteiger partial charge in [-0.1, -0.05) is 6.07 Å². The first-order chi connectivity index (χ1) is 8.15. The van der Waals surface area contributed by atoms with Crippen molar-refractivity contribution in [1.29, 1.82) is 0 Å². The highest BCUT2D eigenvalue weighted by Gasteiger charge is 2.28. The topological polar surface area (TPSA) is 46.5 Å². The van der Waals surface area contributed by atoms with E-state index in [9.17, 15) is 9.18 Å². The Morgan fingerprint density at radius 3 is 2.94 bits per heavy atom. The van der Waals surface area contributed by atoms with E-state index in [1.54, 1.807) is 12.1 Å². The molecule has 1 aliphatic carbocycles. The van der Waals surface area contributed by atoms with Gasteiger partial charge in [0.15, 0.2) is 0 Å². The van der Waals surface area contributed by atoms with Crippen molar-refractivity contribution in [2.75, 3.05) is 0 Å². The average molecular weight is 238 g/mol. The molecule has 1 aromatic rings. The predicted molar refractivity (Wildman–Crippen MR) is 60.4 cm³/mol. The van der Waals surface area contributed by atoms with E-state index >= 15 is 0 Å². The fourth-order valence-corrected chi connectivity index (χ4v) is 2.21. The zero-order chi connectivity index (χ0) is 12.3. The summed E-state index contributed by atoms with van der Waals surface area (Å²) in [7, 11) is 0. The van der Waals surface area contributed by atoms with Crippen molar-refractivity contribution < 1.29 is 19.0 Å². The van der Waals surface area contributed by atoms with Crippen LogP contribution in [0.1, 0.15) is 25.7 Å².